The molecule has 0 spiro atoms. The summed E-state index contributed by atoms with van der Waals surface area (Å²) in [5.41, 5.74) is 5.64. The summed E-state index contributed by atoms with van der Waals surface area (Å²) in [7, 11) is 0. The maximum absolute atomic E-state index is 3.79. The second-order valence-corrected chi connectivity index (χ2v) is 6.60. The standard InChI is InChI=1S/C18H21NS/c1-13-7-9-15(10-8-13)14(2)19-18-12-20-11-16-5-3-4-6-17(16)18/h3-10,14,18-19H,11-12H2,1-2H3. The van der Waals surface area contributed by atoms with Gasteiger partial charge in [0.05, 0.1) is 0 Å². The molecule has 0 fully saturated rings. The quantitative estimate of drug-likeness (QED) is 0.881. The van der Waals surface area contributed by atoms with E-state index in [9.17, 15) is 0 Å². The molecule has 0 radical (unpaired) electrons. The predicted molar refractivity (Wildman–Crippen MR) is 88.1 cm³/mol. The van der Waals surface area contributed by atoms with Crippen molar-refractivity contribution >= 4 is 11.8 Å². The highest BCUT2D eigenvalue weighted by Crippen LogP contribution is 2.33. The van der Waals surface area contributed by atoms with Gasteiger partial charge in [-0.25, -0.2) is 0 Å². The van der Waals surface area contributed by atoms with Crippen LogP contribution < -0.4 is 5.32 Å². The fraction of sp³-hybridized carbons (Fsp3) is 0.333. The lowest BCUT2D eigenvalue weighted by atomic mass is 9.99. The minimum absolute atomic E-state index is 0.382. The van der Waals surface area contributed by atoms with Gasteiger partial charge in [-0.3, -0.25) is 0 Å². The van der Waals surface area contributed by atoms with Crippen molar-refractivity contribution in [3.63, 3.8) is 0 Å². The Balaban J connectivity index is 1.77. The van der Waals surface area contributed by atoms with Gasteiger partial charge < -0.3 is 5.32 Å². The molecular formula is C18H21NS. The molecule has 0 amide bonds. The molecule has 0 saturated heterocycles. The minimum atomic E-state index is 0.382. The molecule has 20 heavy (non-hydrogen) atoms. The molecule has 1 aliphatic rings. The van der Waals surface area contributed by atoms with E-state index in [0.717, 1.165) is 11.5 Å². The summed E-state index contributed by atoms with van der Waals surface area (Å²) < 4.78 is 0. The molecule has 104 valence electrons. The van der Waals surface area contributed by atoms with Gasteiger partial charge in [-0.1, -0.05) is 54.1 Å². The van der Waals surface area contributed by atoms with E-state index in [-0.39, 0.29) is 0 Å². The molecule has 2 aromatic rings. The van der Waals surface area contributed by atoms with E-state index in [1.165, 1.54) is 22.3 Å². The summed E-state index contributed by atoms with van der Waals surface area (Å²) in [5, 5.41) is 3.79. The van der Waals surface area contributed by atoms with Gasteiger partial charge in [0.25, 0.3) is 0 Å². The average molecular weight is 283 g/mol. The zero-order valence-electron chi connectivity index (χ0n) is 12.1. The van der Waals surface area contributed by atoms with E-state index < -0.39 is 0 Å². The normalized spacial score (nSPS) is 19.4. The predicted octanol–water partition coefficient (Wildman–Crippen LogP) is 4.63. The molecule has 0 bridgehead atoms. The number of benzene rings is 2. The Morgan fingerprint density at radius 2 is 1.85 bits per heavy atom. The molecule has 2 unspecified atom stereocenters. The van der Waals surface area contributed by atoms with Crippen LogP contribution in [0, 0.1) is 6.92 Å². The summed E-state index contributed by atoms with van der Waals surface area (Å²) in [6, 6.07) is 18.5. The average Bonchev–Trinajstić information content (AvgIpc) is 2.48. The third kappa shape index (κ3) is 2.92. The van der Waals surface area contributed by atoms with Crippen LogP contribution in [-0.2, 0) is 5.75 Å². The maximum Gasteiger partial charge on any atom is 0.0419 e. The van der Waals surface area contributed by atoms with Crippen molar-refractivity contribution in [1.82, 2.24) is 5.32 Å². The summed E-state index contributed by atoms with van der Waals surface area (Å²) >= 11 is 2.02. The van der Waals surface area contributed by atoms with Gasteiger partial charge in [-0.15, -0.1) is 0 Å². The molecule has 2 heteroatoms. The zero-order valence-corrected chi connectivity index (χ0v) is 12.9. The van der Waals surface area contributed by atoms with E-state index in [2.05, 4.69) is 67.7 Å². The fourth-order valence-electron chi connectivity index (χ4n) is 2.77. The largest absolute Gasteiger partial charge is 0.303 e. The molecule has 1 nitrogen and oxygen atoms in total. The number of aryl methyl sites for hydroxylation is 1. The number of hydrogen-bond donors (Lipinski definition) is 1. The van der Waals surface area contributed by atoms with Gasteiger partial charge in [0, 0.05) is 23.6 Å². The summed E-state index contributed by atoms with van der Waals surface area (Å²) in [5.74, 6) is 2.31. The minimum Gasteiger partial charge on any atom is -0.303 e. The Morgan fingerprint density at radius 1 is 1.10 bits per heavy atom. The SMILES string of the molecule is Cc1ccc(C(C)NC2CSCc3ccccc32)cc1. The first-order valence-corrected chi connectivity index (χ1v) is 8.37. The topological polar surface area (TPSA) is 12.0 Å². The van der Waals surface area contributed by atoms with Crippen LogP contribution in [0.2, 0.25) is 0 Å². The van der Waals surface area contributed by atoms with Gasteiger partial charge in [-0.2, -0.15) is 11.8 Å². The fourth-order valence-corrected chi connectivity index (χ4v) is 3.89. The number of hydrogen-bond acceptors (Lipinski definition) is 2. The van der Waals surface area contributed by atoms with Crippen molar-refractivity contribution in [3.8, 4) is 0 Å². The van der Waals surface area contributed by atoms with E-state index >= 15 is 0 Å². The highest BCUT2D eigenvalue weighted by Gasteiger charge is 2.21. The molecule has 3 rings (SSSR count). The molecule has 2 atom stereocenters. The first kappa shape index (κ1) is 13.7. The van der Waals surface area contributed by atoms with E-state index in [0.29, 0.717) is 12.1 Å². The summed E-state index contributed by atoms with van der Waals surface area (Å²) in [4.78, 5) is 0. The van der Waals surface area contributed by atoms with Gasteiger partial charge in [0.15, 0.2) is 0 Å². The molecule has 1 aliphatic heterocycles. The van der Waals surface area contributed by atoms with Gasteiger partial charge in [-0.05, 0) is 30.5 Å². The van der Waals surface area contributed by atoms with Crippen molar-refractivity contribution in [3.05, 3.63) is 70.8 Å². The Labute approximate surface area is 125 Å². The monoisotopic (exact) mass is 283 g/mol. The highest BCUT2D eigenvalue weighted by molar-refractivity contribution is 7.98. The van der Waals surface area contributed by atoms with Crippen LogP contribution >= 0.6 is 11.8 Å². The third-order valence-electron chi connectivity index (χ3n) is 4.00. The third-order valence-corrected chi connectivity index (χ3v) is 5.09. The Morgan fingerprint density at radius 3 is 2.65 bits per heavy atom. The van der Waals surface area contributed by atoms with E-state index in [1.807, 2.05) is 11.8 Å². The zero-order chi connectivity index (χ0) is 13.9. The Bertz CT molecular complexity index is 576. The van der Waals surface area contributed by atoms with E-state index in [4.69, 9.17) is 0 Å². The van der Waals surface area contributed by atoms with Crippen molar-refractivity contribution in [1.29, 1.82) is 0 Å². The molecule has 1 heterocycles. The van der Waals surface area contributed by atoms with Gasteiger partial charge in [0.1, 0.15) is 0 Å². The van der Waals surface area contributed by atoms with Crippen LogP contribution in [0.4, 0.5) is 0 Å². The number of fused-ring (bicyclic) bond motifs is 1. The Kier molecular flexibility index (Phi) is 4.13. The van der Waals surface area contributed by atoms with Crippen LogP contribution in [-0.4, -0.2) is 5.75 Å². The smallest absolute Gasteiger partial charge is 0.0419 e. The van der Waals surface area contributed by atoms with Crippen molar-refractivity contribution in [2.75, 3.05) is 5.75 Å². The van der Waals surface area contributed by atoms with Crippen LogP contribution in [0.25, 0.3) is 0 Å². The molecule has 0 saturated carbocycles. The van der Waals surface area contributed by atoms with Gasteiger partial charge >= 0.3 is 0 Å². The van der Waals surface area contributed by atoms with Crippen molar-refractivity contribution < 1.29 is 0 Å². The van der Waals surface area contributed by atoms with Crippen molar-refractivity contribution in [2.45, 2.75) is 31.7 Å². The lowest BCUT2D eigenvalue weighted by Crippen LogP contribution is -2.29. The number of thioether (sulfide) groups is 1. The maximum atomic E-state index is 3.79. The molecule has 0 aliphatic carbocycles. The van der Waals surface area contributed by atoms with E-state index in [1.54, 1.807) is 0 Å². The molecule has 2 aromatic carbocycles. The van der Waals surface area contributed by atoms with Crippen LogP contribution in [0.1, 0.15) is 41.3 Å². The van der Waals surface area contributed by atoms with Crippen LogP contribution in [0.3, 0.4) is 0 Å². The summed E-state index contributed by atoms with van der Waals surface area (Å²) in [6.07, 6.45) is 0. The van der Waals surface area contributed by atoms with Crippen LogP contribution in [0.15, 0.2) is 48.5 Å². The highest BCUT2D eigenvalue weighted by atomic mass is 32.2. The van der Waals surface area contributed by atoms with Gasteiger partial charge in [0.2, 0.25) is 0 Å². The molecule has 1 N–H and O–H groups in total. The first-order chi connectivity index (χ1) is 9.74. The number of nitrogens with one attached hydrogen (secondary N) is 1. The van der Waals surface area contributed by atoms with Crippen molar-refractivity contribution in [2.24, 2.45) is 0 Å². The Hall–Kier alpha value is -1.25. The molecule has 0 aromatic heterocycles. The first-order valence-electron chi connectivity index (χ1n) is 7.22. The lowest BCUT2D eigenvalue weighted by molar-refractivity contribution is 0.495. The lowest BCUT2D eigenvalue weighted by Gasteiger charge is -2.29. The number of rotatable bonds is 3. The summed E-state index contributed by atoms with van der Waals surface area (Å²) in [6.45, 7) is 4.39. The van der Waals surface area contributed by atoms with Crippen LogP contribution in [0.5, 0.6) is 0 Å². The second kappa shape index (κ2) is 6.02. The second-order valence-electron chi connectivity index (χ2n) is 5.57. The molecular weight excluding hydrogens is 262 g/mol.